The fourth-order valence-electron chi connectivity index (χ4n) is 3.47. The first-order chi connectivity index (χ1) is 9.65. The number of methoxy groups -OCH3 is 1. The lowest BCUT2D eigenvalue weighted by Gasteiger charge is -2.51. The number of fused-ring (bicyclic) bond motifs is 3. The Bertz CT molecular complexity index is 514. The summed E-state index contributed by atoms with van der Waals surface area (Å²) in [5.41, 5.74) is 0.129. The summed E-state index contributed by atoms with van der Waals surface area (Å²) in [6, 6.07) is 7.54. The number of nitrogens with zero attached hydrogens (tertiary/aromatic N) is 1. The molecule has 1 aromatic carbocycles. The van der Waals surface area contributed by atoms with Crippen LogP contribution < -0.4 is 5.32 Å². The molecule has 3 aliphatic heterocycles. The van der Waals surface area contributed by atoms with Crippen molar-refractivity contribution in [2.24, 2.45) is 5.92 Å². The van der Waals surface area contributed by atoms with E-state index in [2.05, 4.69) is 10.2 Å². The van der Waals surface area contributed by atoms with E-state index < -0.39 is 5.54 Å². The largest absolute Gasteiger partial charge is 0.467 e. The maximum absolute atomic E-state index is 12.4. The first-order valence-corrected chi connectivity index (χ1v) is 7.37. The van der Waals surface area contributed by atoms with Gasteiger partial charge in [-0.1, -0.05) is 23.7 Å². The minimum absolute atomic E-state index is 0.188. The maximum Gasteiger partial charge on any atom is 0.333 e. The molecule has 1 unspecified atom stereocenters. The van der Waals surface area contributed by atoms with Crippen LogP contribution in [0.1, 0.15) is 12.8 Å². The summed E-state index contributed by atoms with van der Waals surface area (Å²) in [5.74, 6) is 0.114. The van der Waals surface area contributed by atoms with Crippen LogP contribution in [-0.2, 0) is 9.53 Å². The normalized spacial score (nSPS) is 31.9. The van der Waals surface area contributed by atoms with Crippen LogP contribution in [0.5, 0.6) is 0 Å². The van der Waals surface area contributed by atoms with Gasteiger partial charge in [-0.3, -0.25) is 0 Å². The number of para-hydroxylation sites is 1. The molecule has 1 atom stereocenters. The molecule has 4 nitrogen and oxygen atoms in total. The molecule has 0 radical (unpaired) electrons. The van der Waals surface area contributed by atoms with E-state index in [0.29, 0.717) is 17.5 Å². The predicted octanol–water partition coefficient (Wildman–Crippen LogP) is 2.39. The molecular weight excluding hydrogens is 276 g/mol. The Labute approximate surface area is 124 Å². The Morgan fingerprint density at radius 3 is 2.65 bits per heavy atom. The van der Waals surface area contributed by atoms with Gasteiger partial charge in [0.2, 0.25) is 0 Å². The number of nitrogens with one attached hydrogen (secondary N) is 1. The summed E-state index contributed by atoms with van der Waals surface area (Å²) in [6.07, 6.45) is 2.04. The SMILES string of the molecule is COC(=O)C1(Nc2ccccc2Cl)CN2CCC1CC2. The number of benzene rings is 1. The molecule has 3 fully saturated rings. The predicted molar refractivity (Wildman–Crippen MR) is 79.0 cm³/mol. The second-order valence-corrected chi connectivity index (χ2v) is 6.03. The molecular formula is C15H19ClN2O2. The smallest absolute Gasteiger partial charge is 0.333 e. The Hall–Kier alpha value is -1.26. The van der Waals surface area contributed by atoms with Gasteiger partial charge in [0.05, 0.1) is 17.8 Å². The van der Waals surface area contributed by atoms with Gasteiger partial charge in [-0.2, -0.15) is 0 Å². The number of ether oxygens (including phenoxy) is 1. The summed E-state index contributed by atoms with van der Waals surface area (Å²) < 4.78 is 5.09. The lowest BCUT2D eigenvalue weighted by Crippen LogP contribution is -2.67. The second-order valence-electron chi connectivity index (χ2n) is 5.62. The van der Waals surface area contributed by atoms with Gasteiger partial charge >= 0.3 is 5.97 Å². The molecule has 20 heavy (non-hydrogen) atoms. The van der Waals surface area contributed by atoms with Gasteiger partial charge in [0, 0.05) is 6.54 Å². The average Bonchev–Trinajstić information content (AvgIpc) is 2.50. The molecule has 3 saturated heterocycles. The molecule has 1 aromatic rings. The number of carbonyl (C=O) groups is 1. The fourth-order valence-corrected chi connectivity index (χ4v) is 3.66. The lowest BCUT2D eigenvalue weighted by molar-refractivity contribution is -0.153. The van der Waals surface area contributed by atoms with Gasteiger partial charge in [0.1, 0.15) is 0 Å². The quantitative estimate of drug-likeness (QED) is 0.869. The van der Waals surface area contributed by atoms with Crippen LogP contribution >= 0.6 is 11.6 Å². The molecule has 0 saturated carbocycles. The van der Waals surface area contributed by atoms with Crippen molar-refractivity contribution < 1.29 is 9.53 Å². The molecule has 0 aliphatic carbocycles. The molecule has 2 bridgehead atoms. The highest BCUT2D eigenvalue weighted by atomic mass is 35.5. The van der Waals surface area contributed by atoms with Gasteiger partial charge in [0.15, 0.2) is 5.54 Å². The first kappa shape index (κ1) is 13.7. The fraction of sp³-hybridized carbons (Fsp3) is 0.533. The van der Waals surface area contributed by atoms with E-state index in [1.165, 1.54) is 7.11 Å². The van der Waals surface area contributed by atoms with Crippen molar-refractivity contribution in [3.63, 3.8) is 0 Å². The minimum atomic E-state index is -0.670. The third-order valence-electron chi connectivity index (χ3n) is 4.54. The molecule has 0 amide bonds. The molecule has 4 rings (SSSR count). The Morgan fingerprint density at radius 1 is 1.40 bits per heavy atom. The van der Waals surface area contributed by atoms with Crippen molar-refractivity contribution in [1.82, 2.24) is 4.90 Å². The van der Waals surface area contributed by atoms with Gasteiger partial charge in [0.25, 0.3) is 0 Å². The Morgan fingerprint density at radius 2 is 2.10 bits per heavy atom. The number of anilines is 1. The monoisotopic (exact) mass is 294 g/mol. The van der Waals surface area contributed by atoms with Crippen LogP contribution in [-0.4, -0.2) is 43.2 Å². The van der Waals surface area contributed by atoms with Crippen LogP contribution in [0.25, 0.3) is 0 Å². The van der Waals surface area contributed by atoms with Gasteiger partial charge in [-0.25, -0.2) is 4.79 Å². The summed E-state index contributed by atoms with van der Waals surface area (Å²) in [6.45, 7) is 2.82. The zero-order valence-electron chi connectivity index (χ0n) is 11.6. The van der Waals surface area contributed by atoms with Crippen LogP contribution in [0.3, 0.4) is 0 Å². The molecule has 0 aromatic heterocycles. The molecule has 5 heteroatoms. The number of halogens is 1. The van der Waals surface area contributed by atoms with E-state index >= 15 is 0 Å². The number of esters is 1. The van der Waals surface area contributed by atoms with Crippen molar-refractivity contribution in [3.8, 4) is 0 Å². The van der Waals surface area contributed by atoms with E-state index in [1.54, 1.807) is 0 Å². The highest BCUT2D eigenvalue weighted by Gasteiger charge is 2.53. The summed E-state index contributed by atoms with van der Waals surface area (Å²) >= 11 is 6.23. The third-order valence-corrected chi connectivity index (χ3v) is 4.87. The van der Waals surface area contributed by atoms with Crippen LogP contribution in [0.2, 0.25) is 5.02 Å². The van der Waals surface area contributed by atoms with Crippen molar-refractivity contribution in [2.45, 2.75) is 18.4 Å². The van der Waals surface area contributed by atoms with Crippen LogP contribution in [0.15, 0.2) is 24.3 Å². The maximum atomic E-state index is 12.4. The molecule has 3 aliphatic rings. The van der Waals surface area contributed by atoms with Crippen LogP contribution in [0, 0.1) is 5.92 Å². The third kappa shape index (κ3) is 2.17. The summed E-state index contributed by atoms with van der Waals surface area (Å²) in [7, 11) is 1.45. The Balaban J connectivity index is 1.95. The van der Waals surface area contributed by atoms with Crippen LogP contribution in [0.4, 0.5) is 5.69 Å². The van der Waals surface area contributed by atoms with Crippen molar-refractivity contribution in [2.75, 3.05) is 32.1 Å². The van der Waals surface area contributed by atoms with Gasteiger partial charge in [-0.05, 0) is 44.0 Å². The van der Waals surface area contributed by atoms with E-state index in [4.69, 9.17) is 16.3 Å². The second kappa shape index (κ2) is 5.26. The lowest BCUT2D eigenvalue weighted by atomic mass is 9.72. The number of carbonyl (C=O) groups excluding carboxylic acids is 1. The standard InChI is InChI=1S/C15H19ClN2O2/c1-20-14(19)15(10-18-8-6-11(15)7-9-18)17-13-5-3-2-4-12(13)16/h2-5,11,17H,6-10H2,1H3. The number of hydrogen-bond donors (Lipinski definition) is 1. The number of rotatable bonds is 3. The molecule has 3 heterocycles. The highest BCUT2D eigenvalue weighted by molar-refractivity contribution is 6.33. The van der Waals surface area contributed by atoms with E-state index in [-0.39, 0.29) is 5.97 Å². The Kier molecular flexibility index (Phi) is 3.61. The van der Waals surface area contributed by atoms with Gasteiger partial charge in [-0.15, -0.1) is 0 Å². The zero-order valence-corrected chi connectivity index (χ0v) is 12.3. The summed E-state index contributed by atoms with van der Waals surface area (Å²) in [5, 5.41) is 4.03. The molecule has 0 spiro atoms. The molecule has 1 N–H and O–H groups in total. The van der Waals surface area contributed by atoms with Crippen molar-refractivity contribution in [1.29, 1.82) is 0 Å². The topological polar surface area (TPSA) is 41.6 Å². The van der Waals surface area contributed by atoms with Crippen molar-refractivity contribution in [3.05, 3.63) is 29.3 Å². The average molecular weight is 295 g/mol. The number of piperidine rings is 3. The summed E-state index contributed by atoms with van der Waals surface area (Å²) in [4.78, 5) is 14.8. The van der Waals surface area contributed by atoms with E-state index in [9.17, 15) is 4.79 Å². The van der Waals surface area contributed by atoms with Gasteiger partial charge < -0.3 is 15.0 Å². The highest BCUT2D eigenvalue weighted by Crippen LogP contribution is 2.40. The van der Waals surface area contributed by atoms with E-state index in [0.717, 1.165) is 31.6 Å². The van der Waals surface area contributed by atoms with Crippen molar-refractivity contribution >= 4 is 23.3 Å². The molecule has 108 valence electrons. The van der Waals surface area contributed by atoms with E-state index in [1.807, 2.05) is 24.3 Å². The number of hydrogen-bond acceptors (Lipinski definition) is 4. The minimum Gasteiger partial charge on any atom is -0.467 e. The first-order valence-electron chi connectivity index (χ1n) is 6.99. The zero-order chi connectivity index (χ0) is 14.2.